The second kappa shape index (κ2) is 12.4. The van der Waals surface area contributed by atoms with Gasteiger partial charge in [0.25, 0.3) is 0 Å². The normalized spacial score (nSPS) is 18.4. The molecule has 1 heteroatoms. The minimum absolute atomic E-state index is 0.184. The Morgan fingerprint density at radius 2 is 1.39 bits per heavy atom. The lowest BCUT2D eigenvalue weighted by atomic mass is 9.68. The van der Waals surface area contributed by atoms with Crippen molar-refractivity contribution in [3.05, 3.63) is 208 Å². The summed E-state index contributed by atoms with van der Waals surface area (Å²) in [5.74, 6) is 5.81. The van der Waals surface area contributed by atoms with Gasteiger partial charge in [-0.1, -0.05) is 145 Å². The van der Waals surface area contributed by atoms with Crippen LogP contribution in [0.5, 0.6) is 0 Å². The third-order valence-corrected chi connectivity index (χ3v) is 11.9. The van der Waals surface area contributed by atoms with E-state index in [0.29, 0.717) is 0 Å². The van der Waals surface area contributed by atoms with Crippen LogP contribution >= 0.6 is 0 Å². The second-order valence-corrected chi connectivity index (χ2v) is 14.4. The molecule has 2 unspecified atom stereocenters. The van der Waals surface area contributed by atoms with E-state index in [0.717, 1.165) is 46.6 Å². The highest BCUT2D eigenvalue weighted by atomic mass is 15.1. The number of hydrogen-bond acceptors (Lipinski definition) is 1. The molecule has 1 nitrogen and oxygen atoms in total. The van der Waals surface area contributed by atoms with Crippen LogP contribution < -0.4 is 4.90 Å². The molecule has 0 saturated carbocycles. The van der Waals surface area contributed by atoms with Gasteiger partial charge in [-0.25, -0.2) is 0 Å². The monoisotopic (exact) mass is 687 g/mol. The van der Waals surface area contributed by atoms with Crippen LogP contribution in [-0.2, 0) is 5.41 Å². The van der Waals surface area contributed by atoms with E-state index in [1.54, 1.807) is 0 Å². The average Bonchev–Trinajstić information content (AvgIpc) is 3.83. The van der Waals surface area contributed by atoms with Crippen LogP contribution in [-0.4, -0.2) is 0 Å². The minimum atomic E-state index is -0.331. The van der Waals surface area contributed by atoms with Gasteiger partial charge in [-0.3, -0.25) is 0 Å². The molecule has 6 aromatic carbocycles. The molecule has 0 N–H and O–H groups in total. The van der Waals surface area contributed by atoms with E-state index < -0.39 is 0 Å². The molecule has 10 rings (SSSR count). The first kappa shape index (κ1) is 31.9. The van der Waals surface area contributed by atoms with Gasteiger partial charge in [0.1, 0.15) is 0 Å². The van der Waals surface area contributed by atoms with Gasteiger partial charge in [0.05, 0.1) is 22.7 Å². The fourth-order valence-corrected chi connectivity index (χ4v) is 9.95. The summed E-state index contributed by atoms with van der Waals surface area (Å²) in [7, 11) is 0. The van der Waals surface area contributed by atoms with Gasteiger partial charge in [0.2, 0.25) is 0 Å². The summed E-state index contributed by atoms with van der Waals surface area (Å²) >= 11 is 0. The fourth-order valence-electron chi connectivity index (χ4n) is 9.95. The van der Waals surface area contributed by atoms with Crippen molar-refractivity contribution in [3.63, 3.8) is 0 Å². The molecule has 6 aromatic rings. The molecule has 1 spiro atoms. The van der Waals surface area contributed by atoms with Gasteiger partial charge < -0.3 is 4.90 Å². The zero-order valence-corrected chi connectivity index (χ0v) is 30.2. The molecule has 2 atom stereocenters. The Bertz CT molecular complexity index is 2770. The summed E-state index contributed by atoms with van der Waals surface area (Å²) in [5, 5.41) is 0. The van der Waals surface area contributed by atoms with Gasteiger partial charge >= 0.3 is 0 Å². The first-order valence-corrected chi connectivity index (χ1v) is 18.8. The zero-order valence-electron chi connectivity index (χ0n) is 30.2. The predicted octanol–water partition coefficient (Wildman–Crippen LogP) is 12.9. The summed E-state index contributed by atoms with van der Waals surface area (Å²) in [4.78, 5) is 2.42. The van der Waals surface area contributed by atoms with Gasteiger partial charge in [-0.05, 0) is 117 Å². The molecule has 0 saturated heterocycles. The molecule has 0 radical (unpaired) electrons. The van der Waals surface area contributed by atoms with E-state index in [1.807, 2.05) is 19.1 Å². The largest absolute Gasteiger partial charge is 0.309 e. The summed E-state index contributed by atoms with van der Waals surface area (Å²) in [6.07, 6.45) is 25.2. The van der Waals surface area contributed by atoms with Gasteiger partial charge in [0, 0.05) is 16.8 Å². The molecular weight excluding hydrogens is 651 g/mol. The van der Waals surface area contributed by atoms with Crippen molar-refractivity contribution in [2.75, 3.05) is 4.90 Å². The zero-order chi connectivity index (χ0) is 36.4. The SMILES string of the molecule is C#C/C=C(\C=C/C)c1ccccc1N(c1ccc2c(c1)-c1ccccc1C21C2=C(C=CCC2)c2ccccc21)c1cccc2c1C(C#C)c1ccccc1-2. The lowest BCUT2D eigenvalue weighted by molar-refractivity contribution is 0.714. The number of allylic oxidation sites excluding steroid dienone is 8. The van der Waals surface area contributed by atoms with Crippen molar-refractivity contribution in [1.29, 1.82) is 0 Å². The highest BCUT2D eigenvalue weighted by molar-refractivity contribution is 6.00. The first-order chi connectivity index (χ1) is 26.7. The molecule has 54 heavy (non-hydrogen) atoms. The predicted molar refractivity (Wildman–Crippen MR) is 226 cm³/mol. The van der Waals surface area contributed by atoms with Crippen molar-refractivity contribution >= 4 is 28.2 Å². The number of fused-ring (bicyclic) bond motifs is 12. The quantitative estimate of drug-likeness (QED) is 0.129. The van der Waals surface area contributed by atoms with Crippen molar-refractivity contribution in [1.82, 2.24) is 0 Å². The van der Waals surface area contributed by atoms with Crippen LogP contribution in [0.4, 0.5) is 17.1 Å². The van der Waals surface area contributed by atoms with Crippen LogP contribution in [0.1, 0.15) is 64.6 Å². The fraction of sp³-hybridized carbons (Fsp3) is 0.0943. The van der Waals surface area contributed by atoms with Crippen molar-refractivity contribution < 1.29 is 0 Å². The summed E-state index contributed by atoms with van der Waals surface area (Å²) < 4.78 is 0. The molecule has 4 aliphatic rings. The van der Waals surface area contributed by atoms with Crippen LogP contribution in [0.15, 0.2) is 169 Å². The van der Waals surface area contributed by atoms with Crippen molar-refractivity contribution in [2.45, 2.75) is 31.1 Å². The Hall–Kier alpha value is -6.80. The molecule has 0 bridgehead atoms. The number of anilines is 3. The third-order valence-electron chi connectivity index (χ3n) is 11.9. The van der Waals surface area contributed by atoms with E-state index in [-0.39, 0.29) is 11.3 Å². The molecule has 0 amide bonds. The van der Waals surface area contributed by atoms with E-state index >= 15 is 0 Å². The maximum Gasteiger partial charge on any atom is 0.0732 e. The Morgan fingerprint density at radius 1 is 0.704 bits per heavy atom. The van der Waals surface area contributed by atoms with Crippen LogP contribution in [0, 0.1) is 24.7 Å². The van der Waals surface area contributed by atoms with Crippen LogP contribution in [0.3, 0.4) is 0 Å². The molecule has 0 heterocycles. The molecule has 0 fully saturated rings. The maximum absolute atomic E-state index is 6.43. The highest BCUT2D eigenvalue weighted by Crippen LogP contribution is 2.64. The molecule has 0 aromatic heterocycles. The number of terminal acetylenes is 2. The van der Waals surface area contributed by atoms with E-state index in [2.05, 4.69) is 168 Å². The summed E-state index contributed by atoms with van der Waals surface area (Å²) in [6.45, 7) is 2.03. The molecular formula is C53H37N. The number of para-hydroxylation sites is 1. The number of nitrogens with zero attached hydrogens (tertiary/aromatic N) is 1. The Labute approximate surface area is 318 Å². The van der Waals surface area contributed by atoms with Crippen molar-refractivity contribution in [2.24, 2.45) is 0 Å². The van der Waals surface area contributed by atoms with E-state index in [9.17, 15) is 0 Å². The third kappa shape index (κ3) is 4.31. The number of benzene rings is 6. The summed E-state index contributed by atoms with van der Waals surface area (Å²) in [6, 6.07) is 49.0. The smallest absolute Gasteiger partial charge is 0.0732 e. The highest BCUT2D eigenvalue weighted by Gasteiger charge is 2.52. The Morgan fingerprint density at radius 3 is 2.20 bits per heavy atom. The number of hydrogen-bond donors (Lipinski definition) is 0. The second-order valence-electron chi connectivity index (χ2n) is 14.4. The molecule has 4 aliphatic carbocycles. The summed E-state index contributed by atoms with van der Waals surface area (Å²) in [5.41, 5.74) is 20.5. The van der Waals surface area contributed by atoms with Crippen LogP contribution in [0.2, 0.25) is 0 Å². The number of rotatable bonds is 5. The lowest BCUT2D eigenvalue weighted by Crippen LogP contribution is -2.27. The minimum Gasteiger partial charge on any atom is -0.309 e. The van der Waals surface area contributed by atoms with Crippen molar-refractivity contribution in [3.8, 4) is 46.9 Å². The Balaban J connectivity index is 1.27. The molecule has 254 valence electrons. The molecule has 0 aliphatic heterocycles. The maximum atomic E-state index is 6.43. The van der Waals surface area contributed by atoms with Gasteiger partial charge in [-0.15, -0.1) is 12.8 Å². The standard InChI is InChI=1S/C53H37N/c1-4-18-35(19-5-2)38-20-12-16-30-50(38)54(51-31-17-26-44-40-22-8-7-21-39(40)37(6-3)52(44)51)36-32-33-49-45(34-36)43-25-11-15-29-48(43)53(49)46-27-13-9-23-41(46)42-24-10-14-28-47(42)53/h1,3,5,7-13,15-27,29-34,37H,14,28H2,2H3/b19-5-,35-18+. The van der Waals surface area contributed by atoms with Gasteiger partial charge in [-0.2, -0.15) is 0 Å². The lowest BCUT2D eigenvalue weighted by Gasteiger charge is -2.34. The Kier molecular flexibility index (Phi) is 7.33. The first-order valence-electron chi connectivity index (χ1n) is 18.8. The van der Waals surface area contributed by atoms with E-state index in [1.165, 1.54) is 61.2 Å². The van der Waals surface area contributed by atoms with Crippen LogP contribution in [0.25, 0.3) is 33.4 Å². The average molecular weight is 688 g/mol. The topological polar surface area (TPSA) is 3.24 Å². The van der Waals surface area contributed by atoms with Gasteiger partial charge in [0.15, 0.2) is 0 Å². The van der Waals surface area contributed by atoms with E-state index in [4.69, 9.17) is 12.8 Å².